The number of alkyl carbamates (subject to hydrolysis) is 1. The number of allylic oxidation sites excluding steroid dienone is 1. The maximum Gasteiger partial charge on any atom is 0.407 e. The molecule has 1 heterocycles. The summed E-state index contributed by atoms with van der Waals surface area (Å²) in [5.74, 6) is 1.01. The minimum Gasteiger partial charge on any atom is -0.450 e. The van der Waals surface area contributed by atoms with Crippen molar-refractivity contribution in [3.63, 3.8) is 0 Å². The highest BCUT2D eigenvalue weighted by Crippen LogP contribution is 2.30. The number of rotatable bonds is 5. The standard InChI is InChI=1S/C21H29NO3/c1-2-24-11-3-5-16-7-8-18-14-19(10-9-17(18)13-16)20-6-4-12-25-21(23)22-15-20/h3,5,9-10,14,16,20H,2,4,6-8,11-13,15H2,1H3,(H,22,23)/b5-3-/t16-,20+/m1/s1. The van der Waals surface area contributed by atoms with E-state index in [1.165, 1.54) is 23.1 Å². The molecule has 0 unspecified atom stereocenters. The number of carbonyl (C=O) groups excluding carboxylic acids is 1. The van der Waals surface area contributed by atoms with Crippen molar-refractivity contribution in [2.24, 2.45) is 5.92 Å². The van der Waals surface area contributed by atoms with Crippen molar-refractivity contribution in [3.05, 3.63) is 47.0 Å². The average Bonchev–Trinajstić information content (AvgIpc) is 2.62. The maximum atomic E-state index is 11.5. The van der Waals surface area contributed by atoms with Crippen molar-refractivity contribution in [1.82, 2.24) is 5.32 Å². The van der Waals surface area contributed by atoms with Crippen molar-refractivity contribution in [2.75, 3.05) is 26.4 Å². The van der Waals surface area contributed by atoms with Crippen LogP contribution < -0.4 is 5.32 Å². The fourth-order valence-electron chi connectivity index (χ4n) is 3.79. The fraction of sp³-hybridized carbons (Fsp3) is 0.571. The normalized spacial score (nSPS) is 24.1. The Morgan fingerprint density at radius 2 is 2.24 bits per heavy atom. The number of fused-ring (bicyclic) bond motifs is 1. The van der Waals surface area contributed by atoms with Gasteiger partial charge in [-0.2, -0.15) is 0 Å². The monoisotopic (exact) mass is 343 g/mol. The number of cyclic esters (lactones) is 1. The topological polar surface area (TPSA) is 47.6 Å². The third kappa shape index (κ3) is 5.08. The van der Waals surface area contributed by atoms with E-state index in [9.17, 15) is 4.79 Å². The molecule has 1 aliphatic carbocycles. The van der Waals surface area contributed by atoms with Crippen molar-refractivity contribution in [3.8, 4) is 0 Å². The molecule has 1 fully saturated rings. The largest absolute Gasteiger partial charge is 0.450 e. The van der Waals surface area contributed by atoms with Crippen LogP contribution in [-0.2, 0) is 22.3 Å². The Bertz CT molecular complexity index is 611. The van der Waals surface area contributed by atoms with Crippen LogP contribution in [0, 0.1) is 5.92 Å². The molecule has 0 saturated carbocycles. The SMILES string of the molecule is CCOC/C=C\[C@@H]1CCc2cc([C@H]3CCCOC(=O)NC3)ccc2C1. The lowest BCUT2D eigenvalue weighted by atomic mass is 9.81. The first-order valence-electron chi connectivity index (χ1n) is 9.53. The molecule has 4 nitrogen and oxygen atoms in total. The Morgan fingerprint density at radius 1 is 1.32 bits per heavy atom. The molecule has 1 amide bonds. The minimum atomic E-state index is -0.288. The summed E-state index contributed by atoms with van der Waals surface area (Å²) < 4.78 is 10.4. The Hall–Kier alpha value is -1.81. The Morgan fingerprint density at radius 3 is 3.12 bits per heavy atom. The van der Waals surface area contributed by atoms with Crippen LogP contribution in [0.1, 0.15) is 48.8 Å². The maximum absolute atomic E-state index is 11.5. The second-order valence-corrected chi connectivity index (χ2v) is 6.97. The van der Waals surface area contributed by atoms with E-state index in [1.807, 2.05) is 6.92 Å². The van der Waals surface area contributed by atoms with Crippen LogP contribution in [0.25, 0.3) is 0 Å². The molecule has 0 radical (unpaired) electrons. The predicted octanol–water partition coefficient (Wildman–Crippen LogP) is 3.99. The summed E-state index contributed by atoms with van der Waals surface area (Å²) in [4.78, 5) is 11.5. The first-order valence-corrected chi connectivity index (χ1v) is 9.53. The van der Waals surface area contributed by atoms with E-state index < -0.39 is 0 Å². The Balaban J connectivity index is 1.63. The van der Waals surface area contributed by atoms with Gasteiger partial charge in [-0.3, -0.25) is 0 Å². The molecule has 1 saturated heterocycles. The lowest BCUT2D eigenvalue weighted by molar-refractivity contribution is 0.136. The summed E-state index contributed by atoms with van der Waals surface area (Å²) in [5, 5.41) is 2.87. The summed E-state index contributed by atoms with van der Waals surface area (Å²) in [6, 6.07) is 6.92. The zero-order chi connectivity index (χ0) is 17.5. The van der Waals surface area contributed by atoms with Crippen LogP contribution in [0.5, 0.6) is 0 Å². The molecule has 4 heteroatoms. The van der Waals surface area contributed by atoms with Gasteiger partial charge in [-0.05, 0) is 61.6 Å². The quantitative estimate of drug-likeness (QED) is 0.650. The number of nitrogens with one attached hydrogen (secondary N) is 1. The second-order valence-electron chi connectivity index (χ2n) is 6.97. The van der Waals surface area contributed by atoms with Gasteiger partial charge in [0, 0.05) is 19.1 Å². The van der Waals surface area contributed by atoms with E-state index in [4.69, 9.17) is 9.47 Å². The second kappa shape index (κ2) is 9.04. The van der Waals surface area contributed by atoms with Gasteiger partial charge in [0.2, 0.25) is 0 Å². The van der Waals surface area contributed by atoms with E-state index in [0.717, 1.165) is 38.9 Å². The number of aryl methyl sites for hydroxylation is 1. The van der Waals surface area contributed by atoms with Crippen LogP contribution in [0.15, 0.2) is 30.4 Å². The number of hydrogen-bond donors (Lipinski definition) is 1. The van der Waals surface area contributed by atoms with Gasteiger partial charge in [-0.1, -0.05) is 30.4 Å². The van der Waals surface area contributed by atoms with Gasteiger partial charge in [0.1, 0.15) is 0 Å². The molecule has 2 aliphatic rings. The van der Waals surface area contributed by atoms with Crippen LogP contribution in [0.4, 0.5) is 4.79 Å². The molecule has 2 atom stereocenters. The molecule has 1 aromatic rings. The molecule has 1 aliphatic heterocycles. The van der Waals surface area contributed by atoms with Crippen LogP contribution in [-0.4, -0.2) is 32.5 Å². The van der Waals surface area contributed by atoms with Gasteiger partial charge in [-0.25, -0.2) is 4.79 Å². The molecule has 0 spiro atoms. The molecule has 0 aromatic heterocycles. The smallest absolute Gasteiger partial charge is 0.407 e. The first kappa shape index (κ1) is 18.0. The van der Waals surface area contributed by atoms with Crippen molar-refractivity contribution in [2.45, 2.75) is 44.9 Å². The number of ether oxygens (including phenoxy) is 2. The van der Waals surface area contributed by atoms with Gasteiger partial charge in [0.15, 0.2) is 0 Å². The zero-order valence-electron chi connectivity index (χ0n) is 15.1. The van der Waals surface area contributed by atoms with Gasteiger partial charge < -0.3 is 14.8 Å². The highest BCUT2D eigenvalue weighted by atomic mass is 16.5. The van der Waals surface area contributed by atoms with E-state index in [2.05, 4.69) is 35.7 Å². The first-order chi connectivity index (χ1) is 12.3. The van der Waals surface area contributed by atoms with E-state index in [-0.39, 0.29) is 6.09 Å². The predicted molar refractivity (Wildman–Crippen MR) is 98.9 cm³/mol. The molecule has 1 aromatic carbocycles. The van der Waals surface area contributed by atoms with E-state index in [0.29, 0.717) is 25.0 Å². The van der Waals surface area contributed by atoms with Gasteiger partial charge in [0.05, 0.1) is 13.2 Å². The number of amides is 1. The Labute approximate surface area is 150 Å². The molecule has 0 bridgehead atoms. The van der Waals surface area contributed by atoms with Crippen molar-refractivity contribution in [1.29, 1.82) is 0 Å². The molecule has 136 valence electrons. The molecule has 25 heavy (non-hydrogen) atoms. The summed E-state index contributed by atoms with van der Waals surface area (Å²) in [6.45, 7) is 4.70. The summed E-state index contributed by atoms with van der Waals surface area (Å²) in [5.41, 5.74) is 4.31. The summed E-state index contributed by atoms with van der Waals surface area (Å²) in [7, 11) is 0. The lowest BCUT2D eigenvalue weighted by Crippen LogP contribution is -2.31. The fourth-order valence-corrected chi connectivity index (χ4v) is 3.79. The molecule has 1 N–H and O–H groups in total. The van der Waals surface area contributed by atoms with E-state index in [1.54, 1.807) is 0 Å². The van der Waals surface area contributed by atoms with Gasteiger partial charge in [-0.15, -0.1) is 0 Å². The van der Waals surface area contributed by atoms with E-state index >= 15 is 0 Å². The Kier molecular flexibility index (Phi) is 6.51. The lowest BCUT2D eigenvalue weighted by Gasteiger charge is -2.26. The summed E-state index contributed by atoms with van der Waals surface area (Å²) in [6.07, 6.45) is 9.63. The highest BCUT2D eigenvalue weighted by Gasteiger charge is 2.20. The van der Waals surface area contributed by atoms with Gasteiger partial charge in [0.25, 0.3) is 0 Å². The van der Waals surface area contributed by atoms with Crippen molar-refractivity contribution < 1.29 is 14.3 Å². The van der Waals surface area contributed by atoms with Crippen LogP contribution in [0.3, 0.4) is 0 Å². The van der Waals surface area contributed by atoms with Crippen LogP contribution >= 0.6 is 0 Å². The number of carbonyl (C=O) groups is 1. The van der Waals surface area contributed by atoms with Gasteiger partial charge >= 0.3 is 6.09 Å². The highest BCUT2D eigenvalue weighted by molar-refractivity contribution is 5.67. The zero-order valence-corrected chi connectivity index (χ0v) is 15.1. The minimum absolute atomic E-state index is 0.288. The third-order valence-electron chi connectivity index (χ3n) is 5.22. The number of hydrogen-bond acceptors (Lipinski definition) is 3. The molecular formula is C21H29NO3. The third-order valence-corrected chi connectivity index (χ3v) is 5.22. The summed E-state index contributed by atoms with van der Waals surface area (Å²) >= 11 is 0. The molecule has 3 rings (SSSR count). The average molecular weight is 343 g/mol. The number of benzene rings is 1. The molecular weight excluding hydrogens is 314 g/mol. The van der Waals surface area contributed by atoms with Crippen LogP contribution in [0.2, 0.25) is 0 Å². The van der Waals surface area contributed by atoms with Crippen molar-refractivity contribution >= 4 is 6.09 Å².